The van der Waals surface area contributed by atoms with E-state index in [4.69, 9.17) is 11.6 Å². The van der Waals surface area contributed by atoms with Gasteiger partial charge < -0.3 is 4.90 Å². The van der Waals surface area contributed by atoms with Crippen molar-refractivity contribution in [3.05, 3.63) is 70.7 Å². The number of rotatable bonds is 8. The van der Waals surface area contributed by atoms with Gasteiger partial charge in [0, 0.05) is 17.6 Å². The van der Waals surface area contributed by atoms with E-state index in [0.717, 1.165) is 24.0 Å². The van der Waals surface area contributed by atoms with Crippen molar-refractivity contribution in [1.82, 2.24) is 4.90 Å². The molecule has 4 nitrogen and oxygen atoms in total. The Morgan fingerprint density at radius 1 is 1.07 bits per heavy atom. The Balaban J connectivity index is 1.54. The van der Waals surface area contributed by atoms with Crippen LogP contribution >= 0.6 is 11.6 Å². The van der Waals surface area contributed by atoms with Gasteiger partial charge in [-0.3, -0.25) is 4.79 Å². The Labute approximate surface area is 172 Å². The van der Waals surface area contributed by atoms with Crippen LogP contribution in [0.2, 0.25) is 5.02 Å². The number of amides is 1. The van der Waals surface area contributed by atoms with E-state index >= 15 is 0 Å². The zero-order chi connectivity index (χ0) is 20.0. The van der Waals surface area contributed by atoms with E-state index in [1.165, 1.54) is 0 Å². The van der Waals surface area contributed by atoms with Crippen molar-refractivity contribution >= 4 is 27.3 Å². The summed E-state index contributed by atoms with van der Waals surface area (Å²) >= 11 is 6.24. The molecule has 28 heavy (non-hydrogen) atoms. The molecule has 2 aromatic rings. The molecule has 1 saturated heterocycles. The molecule has 1 atom stereocenters. The van der Waals surface area contributed by atoms with Crippen LogP contribution in [0.25, 0.3) is 0 Å². The number of aryl methyl sites for hydroxylation is 1. The van der Waals surface area contributed by atoms with Crippen LogP contribution in [0.4, 0.5) is 0 Å². The van der Waals surface area contributed by atoms with Gasteiger partial charge in [-0.05, 0) is 49.3 Å². The van der Waals surface area contributed by atoms with Crippen LogP contribution in [-0.4, -0.2) is 43.3 Å². The minimum atomic E-state index is -3.41. The molecule has 1 unspecified atom stereocenters. The molecule has 0 saturated carbocycles. The Morgan fingerprint density at radius 2 is 1.79 bits per heavy atom. The highest BCUT2D eigenvalue weighted by Crippen LogP contribution is 2.25. The number of hydrogen-bond acceptors (Lipinski definition) is 3. The first-order valence-corrected chi connectivity index (χ1v) is 11.9. The molecule has 6 heteroatoms. The molecule has 0 bridgehead atoms. The number of benzene rings is 2. The molecule has 0 radical (unpaired) electrons. The van der Waals surface area contributed by atoms with E-state index in [0.29, 0.717) is 30.8 Å². The molecule has 0 aliphatic carbocycles. The van der Waals surface area contributed by atoms with Crippen molar-refractivity contribution in [2.45, 2.75) is 38.1 Å². The molecule has 1 aliphatic rings. The molecule has 150 valence electrons. The second-order valence-corrected chi connectivity index (χ2v) is 9.95. The van der Waals surface area contributed by atoms with E-state index in [-0.39, 0.29) is 17.7 Å². The smallest absolute Gasteiger partial charge is 0.238 e. The maximum atomic E-state index is 12.7. The molecule has 3 rings (SSSR count). The standard InChI is InChI=1S/C22H26ClNO3S/c23-21-13-5-4-11-19(21)16-20-12-6-14-24(20)22(25)17-28(26,27)15-7-10-18-8-2-1-3-9-18/h1-5,8-9,11,13,20H,6-7,10,12,14-17H2. The largest absolute Gasteiger partial charge is 0.339 e. The predicted octanol–water partition coefficient (Wildman–Crippen LogP) is 3.92. The highest BCUT2D eigenvalue weighted by Gasteiger charge is 2.31. The Kier molecular flexibility index (Phi) is 7.13. The highest BCUT2D eigenvalue weighted by atomic mass is 35.5. The van der Waals surface area contributed by atoms with Gasteiger partial charge in [0.25, 0.3) is 0 Å². The lowest BCUT2D eigenvalue weighted by molar-refractivity contribution is -0.129. The molecule has 2 aromatic carbocycles. The van der Waals surface area contributed by atoms with Crippen LogP contribution in [0.5, 0.6) is 0 Å². The summed E-state index contributed by atoms with van der Waals surface area (Å²) in [6, 6.07) is 17.4. The summed E-state index contributed by atoms with van der Waals surface area (Å²) in [5, 5.41) is 0.690. The van der Waals surface area contributed by atoms with E-state index in [2.05, 4.69) is 0 Å². The number of hydrogen-bond donors (Lipinski definition) is 0. The van der Waals surface area contributed by atoms with E-state index in [1.807, 2.05) is 54.6 Å². The van der Waals surface area contributed by atoms with Crippen molar-refractivity contribution < 1.29 is 13.2 Å². The first-order chi connectivity index (χ1) is 13.4. The molecular formula is C22H26ClNO3S. The summed E-state index contributed by atoms with van der Waals surface area (Å²) in [5.74, 6) is -0.647. The van der Waals surface area contributed by atoms with Gasteiger partial charge in [0.05, 0.1) is 5.75 Å². The zero-order valence-electron chi connectivity index (χ0n) is 15.9. The fourth-order valence-electron chi connectivity index (χ4n) is 3.78. The molecule has 0 N–H and O–H groups in total. The minimum absolute atomic E-state index is 0.0203. The summed E-state index contributed by atoms with van der Waals surface area (Å²) in [4.78, 5) is 14.4. The van der Waals surface area contributed by atoms with Gasteiger partial charge in [-0.2, -0.15) is 0 Å². The summed E-state index contributed by atoms with van der Waals surface area (Å²) in [6.07, 6.45) is 3.68. The van der Waals surface area contributed by atoms with Crippen molar-refractivity contribution in [1.29, 1.82) is 0 Å². The summed E-state index contributed by atoms with van der Waals surface area (Å²) in [5.41, 5.74) is 2.11. The normalized spacial score (nSPS) is 17.0. The number of likely N-dealkylation sites (tertiary alicyclic amines) is 1. The number of nitrogens with zero attached hydrogens (tertiary/aromatic N) is 1. The van der Waals surface area contributed by atoms with Crippen LogP contribution in [0.3, 0.4) is 0 Å². The molecule has 0 spiro atoms. The fraction of sp³-hybridized carbons (Fsp3) is 0.409. The number of sulfone groups is 1. The zero-order valence-corrected chi connectivity index (χ0v) is 17.5. The molecule has 1 fully saturated rings. The number of carbonyl (C=O) groups is 1. The Morgan fingerprint density at radius 3 is 2.54 bits per heavy atom. The van der Waals surface area contributed by atoms with Crippen molar-refractivity contribution in [2.75, 3.05) is 18.1 Å². The maximum Gasteiger partial charge on any atom is 0.238 e. The molecule has 1 heterocycles. The average Bonchev–Trinajstić information content (AvgIpc) is 3.12. The lowest BCUT2D eigenvalue weighted by Crippen LogP contribution is -2.40. The number of carbonyl (C=O) groups excluding carboxylic acids is 1. The van der Waals surface area contributed by atoms with Crippen LogP contribution in [0, 0.1) is 0 Å². The first-order valence-electron chi connectivity index (χ1n) is 9.72. The Hall–Kier alpha value is -1.85. The predicted molar refractivity (Wildman–Crippen MR) is 113 cm³/mol. The van der Waals surface area contributed by atoms with Crippen molar-refractivity contribution in [2.24, 2.45) is 0 Å². The minimum Gasteiger partial charge on any atom is -0.339 e. The average molecular weight is 420 g/mol. The van der Waals surface area contributed by atoms with E-state index in [1.54, 1.807) is 4.90 Å². The molecule has 0 aromatic heterocycles. The van der Waals surface area contributed by atoms with Gasteiger partial charge in [0.15, 0.2) is 9.84 Å². The topological polar surface area (TPSA) is 54.5 Å². The van der Waals surface area contributed by atoms with Crippen LogP contribution < -0.4 is 0 Å². The Bertz CT molecular complexity index is 899. The molecular weight excluding hydrogens is 394 g/mol. The van der Waals surface area contributed by atoms with Crippen LogP contribution in [0.15, 0.2) is 54.6 Å². The fourth-order valence-corrected chi connectivity index (χ4v) is 5.26. The summed E-state index contributed by atoms with van der Waals surface area (Å²) < 4.78 is 24.9. The van der Waals surface area contributed by atoms with Crippen molar-refractivity contribution in [3.8, 4) is 0 Å². The summed E-state index contributed by atoms with van der Waals surface area (Å²) in [6.45, 7) is 0.619. The lowest BCUT2D eigenvalue weighted by Gasteiger charge is -2.25. The second kappa shape index (κ2) is 9.57. The van der Waals surface area contributed by atoms with Gasteiger partial charge in [0.2, 0.25) is 5.91 Å². The van der Waals surface area contributed by atoms with Crippen molar-refractivity contribution in [3.63, 3.8) is 0 Å². The third kappa shape index (κ3) is 5.82. The van der Waals surface area contributed by atoms with Gasteiger partial charge in [-0.25, -0.2) is 8.42 Å². The lowest BCUT2D eigenvalue weighted by atomic mass is 10.0. The van der Waals surface area contributed by atoms with Crippen LogP contribution in [0.1, 0.15) is 30.4 Å². The first kappa shape index (κ1) is 20.9. The molecule has 1 aliphatic heterocycles. The van der Waals surface area contributed by atoms with Crippen LogP contribution in [-0.2, 0) is 27.5 Å². The summed E-state index contributed by atoms with van der Waals surface area (Å²) in [7, 11) is -3.41. The van der Waals surface area contributed by atoms with Gasteiger partial charge in [-0.1, -0.05) is 60.1 Å². The van der Waals surface area contributed by atoms with E-state index < -0.39 is 15.6 Å². The highest BCUT2D eigenvalue weighted by molar-refractivity contribution is 7.92. The third-order valence-electron chi connectivity index (χ3n) is 5.22. The quantitative estimate of drug-likeness (QED) is 0.651. The van der Waals surface area contributed by atoms with Gasteiger partial charge in [-0.15, -0.1) is 0 Å². The second-order valence-electron chi connectivity index (χ2n) is 7.36. The van der Waals surface area contributed by atoms with E-state index in [9.17, 15) is 13.2 Å². The maximum absolute atomic E-state index is 12.7. The molecule has 1 amide bonds. The SMILES string of the molecule is O=C(CS(=O)(=O)CCCc1ccccc1)N1CCCC1Cc1ccccc1Cl. The number of halogens is 1. The third-order valence-corrected chi connectivity index (χ3v) is 7.18. The van der Waals surface area contributed by atoms with Gasteiger partial charge >= 0.3 is 0 Å². The monoisotopic (exact) mass is 419 g/mol. The van der Waals surface area contributed by atoms with Gasteiger partial charge in [0.1, 0.15) is 5.75 Å².